The SMILES string of the molecule is NCC#Cc1ccc(C(=O)N(CC2CC2)CC2CC2)cc1. The Balaban J connectivity index is 1.68. The van der Waals surface area contributed by atoms with Gasteiger partial charge in [0.05, 0.1) is 6.54 Å². The average Bonchev–Trinajstić information content (AvgIpc) is 3.40. The number of nitrogens with zero attached hydrogens (tertiary/aromatic N) is 1. The highest BCUT2D eigenvalue weighted by molar-refractivity contribution is 5.94. The molecular formula is C18H22N2O. The largest absolute Gasteiger partial charge is 0.338 e. The third-order valence-electron chi connectivity index (χ3n) is 4.10. The lowest BCUT2D eigenvalue weighted by atomic mass is 10.1. The minimum absolute atomic E-state index is 0.173. The van der Waals surface area contributed by atoms with Gasteiger partial charge in [-0.25, -0.2) is 0 Å². The Hall–Kier alpha value is -1.79. The molecule has 2 aliphatic rings. The summed E-state index contributed by atoms with van der Waals surface area (Å²) in [5.74, 6) is 7.46. The van der Waals surface area contributed by atoms with Crippen molar-refractivity contribution >= 4 is 5.91 Å². The van der Waals surface area contributed by atoms with Gasteiger partial charge >= 0.3 is 0 Å². The van der Waals surface area contributed by atoms with Gasteiger partial charge in [0.2, 0.25) is 0 Å². The summed E-state index contributed by atoms with van der Waals surface area (Å²) in [5, 5.41) is 0. The topological polar surface area (TPSA) is 46.3 Å². The molecule has 0 atom stereocenters. The molecule has 0 radical (unpaired) electrons. The molecule has 0 heterocycles. The zero-order valence-corrected chi connectivity index (χ0v) is 12.3. The second kappa shape index (κ2) is 6.32. The maximum atomic E-state index is 12.7. The number of benzene rings is 1. The van der Waals surface area contributed by atoms with E-state index in [0.717, 1.165) is 36.1 Å². The van der Waals surface area contributed by atoms with E-state index in [1.165, 1.54) is 25.7 Å². The minimum atomic E-state index is 0.173. The third-order valence-corrected chi connectivity index (χ3v) is 4.10. The Bertz CT molecular complexity index is 545. The Morgan fingerprint density at radius 2 is 1.67 bits per heavy atom. The molecule has 0 unspecified atom stereocenters. The highest BCUT2D eigenvalue weighted by Crippen LogP contribution is 2.34. The summed E-state index contributed by atoms with van der Waals surface area (Å²) in [6, 6.07) is 7.58. The summed E-state index contributed by atoms with van der Waals surface area (Å²) in [6.07, 6.45) is 5.12. The molecular weight excluding hydrogens is 260 g/mol. The van der Waals surface area contributed by atoms with Crippen LogP contribution in [0.1, 0.15) is 41.6 Å². The summed E-state index contributed by atoms with van der Waals surface area (Å²) in [4.78, 5) is 14.7. The highest BCUT2D eigenvalue weighted by Gasteiger charge is 2.31. The molecule has 0 bridgehead atoms. The van der Waals surface area contributed by atoms with Gasteiger partial charge in [-0.3, -0.25) is 4.79 Å². The van der Waals surface area contributed by atoms with Crippen LogP contribution in [0.5, 0.6) is 0 Å². The van der Waals surface area contributed by atoms with E-state index in [2.05, 4.69) is 16.7 Å². The quantitative estimate of drug-likeness (QED) is 0.842. The van der Waals surface area contributed by atoms with Gasteiger partial charge in [-0.05, 0) is 61.8 Å². The van der Waals surface area contributed by atoms with Gasteiger partial charge in [0.15, 0.2) is 0 Å². The van der Waals surface area contributed by atoms with E-state index >= 15 is 0 Å². The molecule has 3 nitrogen and oxygen atoms in total. The monoisotopic (exact) mass is 282 g/mol. The molecule has 0 saturated heterocycles. The fraction of sp³-hybridized carbons (Fsp3) is 0.500. The average molecular weight is 282 g/mol. The van der Waals surface area contributed by atoms with Crippen molar-refractivity contribution in [2.75, 3.05) is 19.6 Å². The van der Waals surface area contributed by atoms with Gasteiger partial charge in [0.25, 0.3) is 5.91 Å². The van der Waals surface area contributed by atoms with Crippen molar-refractivity contribution in [3.05, 3.63) is 35.4 Å². The molecule has 3 heteroatoms. The first-order valence-electron chi connectivity index (χ1n) is 7.84. The lowest BCUT2D eigenvalue weighted by molar-refractivity contribution is 0.0739. The van der Waals surface area contributed by atoms with Crippen LogP contribution in [0.15, 0.2) is 24.3 Å². The van der Waals surface area contributed by atoms with Gasteiger partial charge < -0.3 is 10.6 Å². The van der Waals surface area contributed by atoms with Gasteiger partial charge in [0, 0.05) is 24.2 Å². The van der Waals surface area contributed by atoms with E-state index in [1.54, 1.807) is 0 Å². The van der Waals surface area contributed by atoms with Crippen LogP contribution in [0.4, 0.5) is 0 Å². The Kier molecular flexibility index (Phi) is 4.26. The molecule has 1 aromatic carbocycles. The molecule has 1 aromatic rings. The van der Waals surface area contributed by atoms with Crippen molar-refractivity contribution in [3.63, 3.8) is 0 Å². The van der Waals surface area contributed by atoms with Gasteiger partial charge in [0.1, 0.15) is 0 Å². The fourth-order valence-corrected chi connectivity index (χ4v) is 2.50. The Morgan fingerprint density at radius 3 is 2.14 bits per heavy atom. The van der Waals surface area contributed by atoms with E-state index in [9.17, 15) is 4.79 Å². The summed E-state index contributed by atoms with van der Waals surface area (Å²) in [7, 11) is 0. The Labute approximate surface area is 126 Å². The number of nitrogens with two attached hydrogens (primary N) is 1. The second-order valence-corrected chi connectivity index (χ2v) is 6.18. The highest BCUT2D eigenvalue weighted by atomic mass is 16.2. The number of amides is 1. The van der Waals surface area contributed by atoms with Gasteiger partial charge in [-0.15, -0.1) is 0 Å². The zero-order valence-electron chi connectivity index (χ0n) is 12.3. The molecule has 3 rings (SSSR count). The van der Waals surface area contributed by atoms with E-state index in [0.29, 0.717) is 6.54 Å². The van der Waals surface area contributed by atoms with E-state index < -0.39 is 0 Å². The number of carbonyl (C=O) groups excluding carboxylic acids is 1. The van der Waals surface area contributed by atoms with Crippen LogP contribution in [0.25, 0.3) is 0 Å². The van der Waals surface area contributed by atoms with Crippen LogP contribution < -0.4 is 5.73 Å². The van der Waals surface area contributed by atoms with E-state index in [4.69, 9.17) is 5.73 Å². The lowest BCUT2D eigenvalue weighted by Gasteiger charge is -2.22. The van der Waals surface area contributed by atoms with Crippen molar-refractivity contribution < 1.29 is 4.79 Å². The van der Waals surface area contributed by atoms with Gasteiger partial charge in [-0.2, -0.15) is 0 Å². The van der Waals surface area contributed by atoms with Crippen LogP contribution in [0, 0.1) is 23.7 Å². The van der Waals surface area contributed by atoms with Crippen molar-refractivity contribution in [3.8, 4) is 11.8 Å². The Morgan fingerprint density at radius 1 is 1.10 bits per heavy atom. The molecule has 110 valence electrons. The smallest absolute Gasteiger partial charge is 0.253 e. The van der Waals surface area contributed by atoms with Gasteiger partial charge in [-0.1, -0.05) is 11.8 Å². The maximum Gasteiger partial charge on any atom is 0.253 e. The van der Waals surface area contributed by atoms with Crippen LogP contribution in [-0.4, -0.2) is 30.4 Å². The second-order valence-electron chi connectivity index (χ2n) is 6.18. The van der Waals surface area contributed by atoms with Crippen LogP contribution in [0.2, 0.25) is 0 Å². The number of rotatable bonds is 5. The van der Waals surface area contributed by atoms with Crippen molar-refractivity contribution in [1.82, 2.24) is 4.90 Å². The first-order valence-corrected chi connectivity index (χ1v) is 7.84. The molecule has 21 heavy (non-hydrogen) atoms. The minimum Gasteiger partial charge on any atom is -0.338 e. The fourth-order valence-electron chi connectivity index (χ4n) is 2.50. The predicted octanol–water partition coefficient (Wildman–Crippen LogP) is 2.26. The predicted molar refractivity (Wildman–Crippen MR) is 83.7 cm³/mol. The standard InChI is InChI=1S/C18H22N2O/c19-11-1-2-14-7-9-17(10-8-14)18(21)20(12-15-3-4-15)13-16-5-6-16/h7-10,15-16H,3-6,11-13,19H2. The molecule has 0 aliphatic heterocycles. The van der Waals surface area contributed by atoms with E-state index in [-0.39, 0.29) is 5.91 Å². The summed E-state index contributed by atoms with van der Waals surface area (Å²) < 4.78 is 0. The summed E-state index contributed by atoms with van der Waals surface area (Å²) >= 11 is 0. The van der Waals surface area contributed by atoms with Crippen LogP contribution in [0.3, 0.4) is 0 Å². The maximum absolute atomic E-state index is 12.7. The first-order chi connectivity index (χ1) is 10.3. The molecule has 1 amide bonds. The van der Waals surface area contributed by atoms with Crippen molar-refractivity contribution in [2.45, 2.75) is 25.7 Å². The van der Waals surface area contributed by atoms with E-state index in [1.807, 2.05) is 24.3 Å². The normalized spacial score (nSPS) is 17.0. The third kappa shape index (κ3) is 4.09. The molecule has 0 aromatic heterocycles. The van der Waals surface area contributed by atoms with Crippen molar-refractivity contribution in [1.29, 1.82) is 0 Å². The molecule has 2 fully saturated rings. The summed E-state index contributed by atoms with van der Waals surface area (Å²) in [5.41, 5.74) is 7.05. The molecule has 2 N–H and O–H groups in total. The molecule has 2 saturated carbocycles. The zero-order chi connectivity index (χ0) is 14.7. The molecule has 0 spiro atoms. The molecule has 2 aliphatic carbocycles. The van der Waals surface area contributed by atoms with Crippen LogP contribution >= 0.6 is 0 Å². The van der Waals surface area contributed by atoms with Crippen molar-refractivity contribution in [2.24, 2.45) is 17.6 Å². The number of carbonyl (C=O) groups is 1. The number of hydrogen-bond donors (Lipinski definition) is 1. The summed E-state index contributed by atoms with van der Waals surface area (Å²) in [6.45, 7) is 2.23. The van der Waals surface area contributed by atoms with Crippen LogP contribution in [-0.2, 0) is 0 Å². The number of hydrogen-bond acceptors (Lipinski definition) is 2. The lowest BCUT2D eigenvalue weighted by Crippen LogP contribution is -2.34. The first kappa shape index (κ1) is 14.2.